The third-order valence-electron chi connectivity index (χ3n) is 7.78. The van der Waals surface area contributed by atoms with Crippen molar-refractivity contribution >= 4 is 27.6 Å². The second-order valence-electron chi connectivity index (χ2n) is 10.4. The summed E-state index contributed by atoms with van der Waals surface area (Å²) in [5.74, 6) is -15.8. The number of amides is 1. The molecule has 5 rings (SSSR count). The van der Waals surface area contributed by atoms with Gasteiger partial charge in [-0.25, -0.2) is 35.2 Å². The molecular weight excluding hydrogens is 615 g/mol. The minimum absolute atomic E-state index is 0.0982. The van der Waals surface area contributed by atoms with E-state index in [1.165, 1.54) is 6.07 Å². The summed E-state index contributed by atoms with van der Waals surface area (Å²) < 4.78 is 102. The van der Waals surface area contributed by atoms with E-state index >= 15 is 0 Å². The minimum Gasteiger partial charge on any atom is -0.872 e. The number of nitrogens with zero attached hydrogens (tertiary/aromatic N) is 2. The average molecular weight is 640 g/mol. The molecule has 2 heterocycles. The van der Waals surface area contributed by atoms with Crippen LogP contribution in [0.25, 0.3) is 0 Å². The molecule has 3 aromatic carbocycles. The lowest BCUT2D eigenvalue weighted by molar-refractivity contribution is -0.268. The van der Waals surface area contributed by atoms with Crippen LogP contribution in [-0.4, -0.2) is 55.5 Å². The van der Waals surface area contributed by atoms with Crippen LogP contribution in [0.15, 0.2) is 47.4 Å². The molecule has 9 nitrogen and oxygen atoms in total. The predicted molar refractivity (Wildman–Crippen MR) is 142 cm³/mol. The van der Waals surface area contributed by atoms with E-state index in [4.69, 9.17) is 4.74 Å². The number of ether oxygens (including phenoxy) is 1. The van der Waals surface area contributed by atoms with Gasteiger partial charge in [-0.15, -0.1) is 0 Å². The maximum Gasteiger partial charge on any atom is 0.335 e. The monoisotopic (exact) mass is 639 g/mol. The third-order valence-corrected chi connectivity index (χ3v) is 9.71. The Morgan fingerprint density at radius 1 is 0.909 bits per heavy atom. The van der Waals surface area contributed by atoms with E-state index in [0.29, 0.717) is 23.1 Å². The zero-order chi connectivity index (χ0) is 31.9. The van der Waals surface area contributed by atoms with Crippen LogP contribution in [0.5, 0.6) is 5.75 Å². The Bertz CT molecular complexity index is 1700. The standard InChI is InChI=1S/C29H25F5N2O7S/c30-22-23(31)25(33)27(26(34)24(22)32)44(41,42)36-10-7-20(36)28(38)35(18-5-6-19(29(39)40)21(37)13-18)14-15-1-3-16(4-2-15)17-8-11-43-12-9-17/h1-6,13,17,20,37H,7-12,14H2,(H,39,40)/p-1/t20-/m1/s1. The van der Waals surface area contributed by atoms with Gasteiger partial charge in [-0.3, -0.25) is 4.79 Å². The Morgan fingerprint density at radius 2 is 1.50 bits per heavy atom. The maximum atomic E-state index is 14.5. The van der Waals surface area contributed by atoms with Gasteiger partial charge < -0.3 is 19.8 Å². The van der Waals surface area contributed by atoms with E-state index in [-0.39, 0.29) is 24.6 Å². The Hall–Kier alpha value is -4.08. The maximum absolute atomic E-state index is 14.5. The Balaban J connectivity index is 1.49. The van der Waals surface area contributed by atoms with Gasteiger partial charge in [0.1, 0.15) is 6.04 Å². The summed E-state index contributed by atoms with van der Waals surface area (Å²) in [6, 6.07) is 8.52. The van der Waals surface area contributed by atoms with Crippen molar-refractivity contribution in [2.24, 2.45) is 0 Å². The average Bonchev–Trinajstić information content (AvgIpc) is 2.97. The highest BCUT2D eigenvalue weighted by Crippen LogP contribution is 2.36. The highest BCUT2D eigenvalue weighted by molar-refractivity contribution is 7.89. The molecule has 0 aromatic heterocycles. The SMILES string of the molecule is O=C(O)c1ccc(N(Cc2ccc(C3CCOCC3)cc2)C(=O)[C@H]2CCN2S(=O)(=O)c2c(F)c(F)c(F)c(F)c2F)cc1[O-]. The van der Waals surface area contributed by atoms with Crippen molar-refractivity contribution in [3.05, 3.63) is 88.2 Å². The molecule has 0 aliphatic carbocycles. The molecule has 44 heavy (non-hydrogen) atoms. The topological polar surface area (TPSA) is 127 Å². The molecule has 2 aliphatic heterocycles. The van der Waals surface area contributed by atoms with Gasteiger partial charge in [-0.1, -0.05) is 30.0 Å². The van der Waals surface area contributed by atoms with Crippen molar-refractivity contribution in [3.8, 4) is 5.75 Å². The number of carbonyl (C=O) groups is 2. The second kappa shape index (κ2) is 12.1. The molecule has 2 saturated heterocycles. The number of rotatable bonds is 8. The lowest BCUT2D eigenvalue weighted by Crippen LogP contribution is -2.59. The number of aromatic carboxylic acids is 1. The lowest BCUT2D eigenvalue weighted by atomic mass is 9.91. The summed E-state index contributed by atoms with van der Waals surface area (Å²) in [5.41, 5.74) is 0.888. The molecule has 2 fully saturated rings. The van der Waals surface area contributed by atoms with Crippen molar-refractivity contribution in [3.63, 3.8) is 0 Å². The first-order chi connectivity index (χ1) is 20.8. The van der Waals surface area contributed by atoms with Gasteiger partial charge in [0, 0.05) is 25.4 Å². The van der Waals surface area contributed by atoms with Crippen LogP contribution >= 0.6 is 0 Å². The van der Waals surface area contributed by atoms with Crippen LogP contribution < -0.4 is 10.0 Å². The highest BCUT2D eigenvalue weighted by Gasteiger charge is 2.48. The number of hydrogen-bond acceptors (Lipinski definition) is 6. The zero-order valence-corrected chi connectivity index (χ0v) is 23.6. The number of benzene rings is 3. The van der Waals surface area contributed by atoms with Gasteiger partial charge in [0.05, 0.1) is 12.1 Å². The molecule has 0 unspecified atom stereocenters. The molecule has 1 N–H and O–H groups in total. The van der Waals surface area contributed by atoms with E-state index < -0.39 is 79.8 Å². The fourth-order valence-electron chi connectivity index (χ4n) is 5.27. The van der Waals surface area contributed by atoms with E-state index in [1.54, 1.807) is 12.1 Å². The molecule has 0 radical (unpaired) electrons. The molecule has 1 atom stereocenters. The lowest BCUT2D eigenvalue weighted by Gasteiger charge is -2.41. The number of hydrogen-bond donors (Lipinski definition) is 1. The van der Waals surface area contributed by atoms with Gasteiger partial charge in [-0.05, 0) is 54.5 Å². The van der Waals surface area contributed by atoms with Gasteiger partial charge in [-0.2, -0.15) is 4.31 Å². The molecule has 1 amide bonds. The largest absolute Gasteiger partial charge is 0.872 e. The normalized spacial score (nSPS) is 17.7. The van der Waals surface area contributed by atoms with Crippen molar-refractivity contribution < 1.29 is 54.9 Å². The molecule has 0 spiro atoms. The summed E-state index contributed by atoms with van der Waals surface area (Å²) >= 11 is 0. The minimum atomic E-state index is -5.41. The fraction of sp³-hybridized carbons (Fsp3) is 0.310. The Morgan fingerprint density at radius 3 is 2.02 bits per heavy atom. The summed E-state index contributed by atoms with van der Waals surface area (Å²) in [6.07, 6.45) is 1.46. The molecule has 3 aromatic rings. The molecule has 0 saturated carbocycles. The van der Waals surface area contributed by atoms with Crippen molar-refractivity contribution in [2.45, 2.75) is 42.7 Å². The van der Waals surface area contributed by atoms with Crippen LogP contribution in [0.2, 0.25) is 0 Å². The van der Waals surface area contributed by atoms with Crippen molar-refractivity contribution in [1.82, 2.24) is 4.31 Å². The molecule has 234 valence electrons. The van der Waals surface area contributed by atoms with E-state index in [0.717, 1.165) is 35.4 Å². The van der Waals surface area contributed by atoms with Crippen LogP contribution in [0.1, 0.15) is 46.7 Å². The number of carbonyl (C=O) groups excluding carboxylic acids is 1. The zero-order valence-electron chi connectivity index (χ0n) is 22.7. The summed E-state index contributed by atoms with van der Waals surface area (Å²) in [7, 11) is -5.41. The number of carboxylic acid groups (broad SMARTS) is 1. The Kier molecular flexibility index (Phi) is 8.64. The van der Waals surface area contributed by atoms with E-state index in [2.05, 4.69) is 0 Å². The summed E-state index contributed by atoms with van der Waals surface area (Å²) in [6.45, 7) is 0.525. The third kappa shape index (κ3) is 5.62. The number of halogens is 5. The molecule has 2 aliphatic rings. The molecule has 15 heteroatoms. The smallest absolute Gasteiger partial charge is 0.335 e. The van der Waals surface area contributed by atoms with Gasteiger partial charge in [0.15, 0.2) is 28.2 Å². The Labute approximate surface area is 248 Å². The predicted octanol–water partition coefficient (Wildman–Crippen LogP) is 4.04. The van der Waals surface area contributed by atoms with Gasteiger partial charge in [0.25, 0.3) is 0 Å². The first-order valence-electron chi connectivity index (χ1n) is 13.4. The van der Waals surface area contributed by atoms with E-state index in [9.17, 15) is 50.2 Å². The van der Waals surface area contributed by atoms with Gasteiger partial charge >= 0.3 is 5.97 Å². The van der Waals surface area contributed by atoms with Crippen LogP contribution in [-0.2, 0) is 26.1 Å². The molecular formula is C29H24F5N2O7S-. The number of anilines is 1. The number of sulfonamides is 1. The van der Waals surface area contributed by atoms with Crippen LogP contribution in [0.4, 0.5) is 27.6 Å². The van der Waals surface area contributed by atoms with Crippen LogP contribution in [0.3, 0.4) is 0 Å². The molecule has 0 bridgehead atoms. The van der Waals surface area contributed by atoms with Crippen molar-refractivity contribution in [2.75, 3.05) is 24.7 Å². The summed E-state index contributed by atoms with van der Waals surface area (Å²) in [4.78, 5) is 24.1. The van der Waals surface area contributed by atoms with Crippen LogP contribution in [0, 0.1) is 29.1 Å². The quantitative estimate of drug-likeness (QED) is 0.224. The van der Waals surface area contributed by atoms with E-state index in [1.807, 2.05) is 12.1 Å². The first kappa shape index (κ1) is 31.3. The fourth-order valence-corrected chi connectivity index (χ4v) is 7.01. The second-order valence-corrected chi connectivity index (χ2v) is 12.2. The van der Waals surface area contributed by atoms with Gasteiger partial charge in [0.2, 0.25) is 21.7 Å². The highest BCUT2D eigenvalue weighted by atomic mass is 32.2. The van der Waals surface area contributed by atoms with Crippen molar-refractivity contribution in [1.29, 1.82) is 0 Å². The number of carboxylic acids is 1. The first-order valence-corrected chi connectivity index (χ1v) is 14.8. The summed E-state index contributed by atoms with van der Waals surface area (Å²) in [5, 5.41) is 21.7.